The lowest BCUT2D eigenvalue weighted by Gasteiger charge is -2.32. The quantitative estimate of drug-likeness (QED) is 0.782. The van der Waals surface area contributed by atoms with Crippen molar-refractivity contribution in [1.29, 1.82) is 0 Å². The van der Waals surface area contributed by atoms with Crippen molar-refractivity contribution in [3.63, 3.8) is 0 Å². The van der Waals surface area contributed by atoms with Crippen molar-refractivity contribution in [3.05, 3.63) is 0 Å². The number of hydrogen-bond donors (Lipinski definition) is 2. The summed E-state index contributed by atoms with van der Waals surface area (Å²) in [4.78, 5) is 11.9. The van der Waals surface area contributed by atoms with E-state index in [-0.39, 0.29) is 12.1 Å². The number of thioether (sulfide) groups is 1. The Morgan fingerprint density at radius 1 is 1.44 bits per heavy atom. The van der Waals surface area contributed by atoms with Gasteiger partial charge < -0.3 is 15.4 Å². The summed E-state index contributed by atoms with van der Waals surface area (Å²) in [5.74, 6) is 1.12. The molecule has 0 saturated heterocycles. The Balaban J connectivity index is 2.36. The van der Waals surface area contributed by atoms with E-state index in [1.807, 2.05) is 18.7 Å². The molecular formula is C13H26N2O2S. The fourth-order valence-corrected chi connectivity index (χ4v) is 3.60. The molecule has 4 nitrogen and oxygen atoms in total. The van der Waals surface area contributed by atoms with Crippen molar-refractivity contribution in [2.24, 2.45) is 0 Å². The van der Waals surface area contributed by atoms with Gasteiger partial charge in [0.05, 0.1) is 12.6 Å². The van der Waals surface area contributed by atoms with Crippen LogP contribution in [-0.4, -0.2) is 42.8 Å². The molecular weight excluding hydrogens is 248 g/mol. The van der Waals surface area contributed by atoms with Crippen LogP contribution in [0, 0.1) is 0 Å². The second-order valence-corrected chi connectivity index (χ2v) is 6.38. The summed E-state index contributed by atoms with van der Waals surface area (Å²) < 4.78 is 5.01. The van der Waals surface area contributed by atoms with E-state index in [0.717, 1.165) is 12.2 Å². The Morgan fingerprint density at radius 3 is 2.83 bits per heavy atom. The van der Waals surface area contributed by atoms with Crippen molar-refractivity contribution in [2.45, 2.75) is 56.9 Å². The largest absolute Gasteiger partial charge is 0.383 e. The number of urea groups is 1. The van der Waals surface area contributed by atoms with Crippen LogP contribution < -0.4 is 10.6 Å². The zero-order chi connectivity index (χ0) is 13.4. The van der Waals surface area contributed by atoms with Crippen LogP contribution in [0.4, 0.5) is 4.79 Å². The minimum Gasteiger partial charge on any atom is -0.383 e. The summed E-state index contributed by atoms with van der Waals surface area (Å²) in [7, 11) is 1.64. The van der Waals surface area contributed by atoms with Gasteiger partial charge in [-0.3, -0.25) is 0 Å². The number of amides is 2. The first-order chi connectivity index (χ1) is 8.67. The van der Waals surface area contributed by atoms with E-state index in [9.17, 15) is 4.79 Å². The minimum atomic E-state index is -0.0619. The number of nitrogens with one attached hydrogen (secondary N) is 2. The number of ether oxygens (including phenoxy) is 1. The maximum atomic E-state index is 11.9. The molecule has 0 aromatic heterocycles. The summed E-state index contributed by atoms with van der Waals surface area (Å²) in [6.45, 7) is 4.67. The molecule has 0 aromatic rings. The zero-order valence-electron chi connectivity index (χ0n) is 11.7. The van der Waals surface area contributed by atoms with Crippen molar-refractivity contribution in [3.8, 4) is 0 Å². The average Bonchev–Trinajstić information content (AvgIpc) is 2.32. The summed E-state index contributed by atoms with van der Waals surface area (Å²) in [6, 6.07) is 0.308. The molecule has 2 N–H and O–H groups in total. The van der Waals surface area contributed by atoms with Gasteiger partial charge in [-0.2, -0.15) is 11.8 Å². The van der Waals surface area contributed by atoms with Crippen molar-refractivity contribution >= 4 is 17.8 Å². The summed E-state index contributed by atoms with van der Waals surface area (Å²) in [6.07, 6.45) is 4.83. The molecule has 0 radical (unpaired) electrons. The van der Waals surface area contributed by atoms with E-state index >= 15 is 0 Å². The second-order valence-electron chi connectivity index (χ2n) is 4.86. The highest BCUT2D eigenvalue weighted by Gasteiger charge is 2.26. The molecule has 5 heteroatoms. The van der Waals surface area contributed by atoms with Crippen molar-refractivity contribution in [2.75, 3.05) is 19.5 Å². The topological polar surface area (TPSA) is 50.4 Å². The van der Waals surface area contributed by atoms with Crippen LogP contribution in [-0.2, 0) is 4.74 Å². The number of hydrogen-bond acceptors (Lipinski definition) is 3. The molecule has 1 aliphatic rings. The Bertz CT molecular complexity index is 249. The maximum absolute atomic E-state index is 11.9. The van der Waals surface area contributed by atoms with Gasteiger partial charge >= 0.3 is 6.03 Å². The minimum absolute atomic E-state index is 0.0517. The van der Waals surface area contributed by atoms with E-state index < -0.39 is 0 Å². The highest BCUT2D eigenvalue weighted by atomic mass is 32.2. The Morgan fingerprint density at radius 2 is 2.17 bits per heavy atom. The van der Waals surface area contributed by atoms with Gasteiger partial charge in [0.25, 0.3) is 0 Å². The monoisotopic (exact) mass is 274 g/mol. The molecule has 1 saturated carbocycles. The Labute approximate surface area is 115 Å². The number of methoxy groups -OCH3 is 1. The van der Waals surface area contributed by atoms with Crippen LogP contribution in [0.2, 0.25) is 0 Å². The Kier molecular flexibility index (Phi) is 7.51. The van der Waals surface area contributed by atoms with Gasteiger partial charge in [-0.05, 0) is 25.5 Å². The molecule has 0 unspecified atom stereocenters. The SMILES string of the molecule is CCS[C@H]1CCCC[C@@H]1NC(=O)N[C@@H](C)COC. The molecule has 1 fully saturated rings. The van der Waals surface area contributed by atoms with Crippen LogP contribution in [0.25, 0.3) is 0 Å². The number of carbonyl (C=O) groups excluding carboxylic acids is 1. The molecule has 1 aliphatic carbocycles. The average molecular weight is 274 g/mol. The third kappa shape index (κ3) is 5.48. The van der Waals surface area contributed by atoms with Crippen LogP contribution in [0.1, 0.15) is 39.5 Å². The molecule has 3 atom stereocenters. The molecule has 0 spiro atoms. The number of carbonyl (C=O) groups is 1. The van der Waals surface area contributed by atoms with Gasteiger partial charge in [0.15, 0.2) is 0 Å². The molecule has 0 aliphatic heterocycles. The normalized spacial score (nSPS) is 25.5. The van der Waals surface area contributed by atoms with Gasteiger partial charge in [-0.15, -0.1) is 0 Å². The zero-order valence-corrected chi connectivity index (χ0v) is 12.5. The third-order valence-corrected chi connectivity index (χ3v) is 4.52. The molecule has 1 rings (SSSR count). The van der Waals surface area contributed by atoms with Gasteiger partial charge in [0, 0.05) is 18.4 Å². The van der Waals surface area contributed by atoms with Crippen molar-refractivity contribution in [1.82, 2.24) is 10.6 Å². The predicted molar refractivity (Wildman–Crippen MR) is 77.2 cm³/mol. The first kappa shape index (κ1) is 15.6. The Hall–Kier alpha value is -0.420. The van der Waals surface area contributed by atoms with Crippen LogP contribution in [0.3, 0.4) is 0 Å². The van der Waals surface area contributed by atoms with Crippen LogP contribution in [0.5, 0.6) is 0 Å². The van der Waals surface area contributed by atoms with E-state index in [4.69, 9.17) is 4.74 Å². The van der Waals surface area contributed by atoms with Gasteiger partial charge in [-0.25, -0.2) is 4.79 Å². The van der Waals surface area contributed by atoms with Crippen LogP contribution in [0.15, 0.2) is 0 Å². The summed E-state index contributed by atoms with van der Waals surface area (Å²) >= 11 is 1.96. The lowest BCUT2D eigenvalue weighted by atomic mass is 9.95. The lowest BCUT2D eigenvalue weighted by molar-refractivity contribution is 0.169. The maximum Gasteiger partial charge on any atom is 0.315 e. The summed E-state index contributed by atoms with van der Waals surface area (Å²) in [5, 5.41) is 6.60. The van der Waals surface area contributed by atoms with Gasteiger partial charge in [0.1, 0.15) is 0 Å². The molecule has 0 bridgehead atoms. The molecule has 2 amide bonds. The van der Waals surface area contributed by atoms with Crippen LogP contribution >= 0.6 is 11.8 Å². The second kappa shape index (κ2) is 8.64. The summed E-state index contributed by atoms with van der Waals surface area (Å²) in [5.41, 5.74) is 0. The molecule has 106 valence electrons. The van der Waals surface area contributed by atoms with E-state index in [1.54, 1.807) is 7.11 Å². The predicted octanol–water partition coefficient (Wildman–Crippen LogP) is 2.38. The first-order valence-electron chi connectivity index (χ1n) is 6.85. The van der Waals surface area contributed by atoms with Gasteiger partial charge in [-0.1, -0.05) is 19.8 Å². The fraction of sp³-hybridized carbons (Fsp3) is 0.923. The first-order valence-corrected chi connectivity index (χ1v) is 7.89. The van der Waals surface area contributed by atoms with E-state index in [0.29, 0.717) is 17.9 Å². The highest BCUT2D eigenvalue weighted by Crippen LogP contribution is 2.28. The highest BCUT2D eigenvalue weighted by molar-refractivity contribution is 7.99. The standard InChI is InChI=1S/C13H26N2O2S/c1-4-18-12-8-6-5-7-11(12)15-13(16)14-10(2)9-17-3/h10-12H,4-9H2,1-3H3,(H2,14,15,16)/t10-,11-,12-/m0/s1. The van der Waals surface area contributed by atoms with Crippen molar-refractivity contribution < 1.29 is 9.53 Å². The molecule has 0 aromatic carbocycles. The smallest absolute Gasteiger partial charge is 0.315 e. The molecule has 0 heterocycles. The third-order valence-electron chi connectivity index (χ3n) is 3.19. The van der Waals surface area contributed by atoms with E-state index in [1.165, 1.54) is 19.3 Å². The lowest BCUT2D eigenvalue weighted by Crippen LogP contribution is -2.50. The molecule has 18 heavy (non-hydrogen) atoms. The number of rotatable bonds is 6. The fourth-order valence-electron chi connectivity index (χ4n) is 2.40. The van der Waals surface area contributed by atoms with E-state index in [2.05, 4.69) is 17.6 Å². The van der Waals surface area contributed by atoms with Gasteiger partial charge in [0.2, 0.25) is 0 Å².